The monoisotopic (exact) mass is 519 g/mol. The second-order valence-corrected chi connectivity index (χ2v) is 9.89. The topological polar surface area (TPSA) is 75.6 Å². The molecular formula is C27H28F3NO4S. The number of thiophene rings is 1. The maximum absolute atomic E-state index is 12.8. The normalized spacial score (nSPS) is 12.4. The highest BCUT2D eigenvalue weighted by Gasteiger charge is 2.30. The molecule has 0 fully saturated rings. The maximum atomic E-state index is 12.8. The number of alkyl halides is 3. The van der Waals surface area contributed by atoms with Crippen LogP contribution in [0.5, 0.6) is 5.75 Å². The van der Waals surface area contributed by atoms with Gasteiger partial charge >= 0.3 is 12.1 Å². The zero-order chi connectivity index (χ0) is 26.3. The minimum atomic E-state index is -4.37. The number of nitrogens with one attached hydrogen (secondary N) is 1. The number of aliphatic carboxylic acids is 1. The van der Waals surface area contributed by atoms with Gasteiger partial charge in [0.15, 0.2) is 0 Å². The standard InChI is InChI=1S/C27H28F3NO4S/c1-17(2)3-12-22(23-13-14-24(36-23)26(34)31-16-15-25(32)33)35-21-10-6-19(7-11-21)18-4-8-20(9-5-18)27(28,29)30/h4-11,13-14,17,22H,3,12,15-16H2,1-2H3,(H,31,34)(H,32,33). The summed E-state index contributed by atoms with van der Waals surface area (Å²) in [5, 5.41) is 11.3. The number of carbonyl (C=O) groups excluding carboxylic acids is 1. The number of hydrogen-bond donors (Lipinski definition) is 2. The third-order valence-corrected chi connectivity index (χ3v) is 6.65. The second-order valence-electron chi connectivity index (χ2n) is 8.78. The summed E-state index contributed by atoms with van der Waals surface area (Å²) in [5.41, 5.74) is 0.749. The van der Waals surface area contributed by atoms with E-state index in [-0.39, 0.29) is 25.0 Å². The van der Waals surface area contributed by atoms with Crippen molar-refractivity contribution in [1.82, 2.24) is 5.32 Å². The third kappa shape index (κ3) is 7.84. The Labute approximate surface area is 211 Å². The van der Waals surface area contributed by atoms with E-state index in [9.17, 15) is 22.8 Å². The molecule has 0 aliphatic carbocycles. The van der Waals surface area contributed by atoms with E-state index in [1.807, 2.05) is 6.07 Å². The average Bonchev–Trinajstić information content (AvgIpc) is 3.32. The predicted octanol–water partition coefficient (Wildman–Crippen LogP) is 7.19. The summed E-state index contributed by atoms with van der Waals surface area (Å²) in [6, 6.07) is 15.7. The molecule has 9 heteroatoms. The van der Waals surface area contributed by atoms with Gasteiger partial charge in [-0.2, -0.15) is 13.2 Å². The molecule has 1 heterocycles. The van der Waals surface area contributed by atoms with Crippen LogP contribution in [0.4, 0.5) is 13.2 Å². The van der Waals surface area contributed by atoms with Gasteiger partial charge in [0.25, 0.3) is 5.91 Å². The Balaban J connectivity index is 1.71. The van der Waals surface area contributed by atoms with Crippen molar-refractivity contribution in [3.8, 4) is 16.9 Å². The Bertz CT molecular complexity index is 1160. The lowest BCUT2D eigenvalue weighted by Gasteiger charge is -2.19. The summed E-state index contributed by atoms with van der Waals surface area (Å²) >= 11 is 1.31. The van der Waals surface area contributed by atoms with E-state index < -0.39 is 17.7 Å². The molecule has 0 saturated carbocycles. The number of carboxylic acids is 1. The highest BCUT2D eigenvalue weighted by atomic mass is 32.1. The van der Waals surface area contributed by atoms with Crippen LogP contribution in [0, 0.1) is 5.92 Å². The van der Waals surface area contributed by atoms with Crippen molar-refractivity contribution in [2.75, 3.05) is 6.54 Å². The first-order chi connectivity index (χ1) is 17.0. The van der Waals surface area contributed by atoms with Crippen molar-refractivity contribution in [2.45, 2.75) is 45.4 Å². The van der Waals surface area contributed by atoms with E-state index >= 15 is 0 Å². The zero-order valence-corrected chi connectivity index (χ0v) is 20.8. The summed E-state index contributed by atoms with van der Waals surface area (Å²) in [6.45, 7) is 4.29. The fourth-order valence-electron chi connectivity index (χ4n) is 3.50. The molecule has 0 aliphatic rings. The van der Waals surface area contributed by atoms with Crippen LogP contribution in [0.1, 0.15) is 59.3 Å². The number of hydrogen-bond acceptors (Lipinski definition) is 4. The third-order valence-electron chi connectivity index (χ3n) is 5.48. The lowest BCUT2D eigenvalue weighted by atomic mass is 10.0. The van der Waals surface area contributed by atoms with Crippen molar-refractivity contribution < 1.29 is 32.6 Å². The van der Waals surface area contributed by atoms with Crippen LogP contribution in [-0.2, 0) is 11.0 Å². The van der Waals surface area contributed by atoms with Gasteiger partial charge in [-0.1, -0.05) is 38.1 Å². The van der Waals surface area contributed by atoms with Gasteiger partial charge in [0.05, 0.1) is 16.9 Å². The summed E-state index contributed by atoms with van der Waals surface area (Å²) in [4.78, 5) is 24.4. The summed E-state index contributed by atoms with van der Waals surface area (Å²) in [5.74, 6) is -0.234. The summed E-state index contributed by atoms with van der Waals surface area (Å²) in [6.07, 6.45) is -3.16. The molecule has 1 unspecified atom stereocenters. The van der Waals surface area contributed by atoms with Gasteiger partial charge in [0, 0.05) is 11.4 Å². The Morgan fingerprint density at radius 1 is 0.944 bits per heavy atom. The van der Waals surface area contributed by atoms with Gasteiger partial charge in [0.1, 0.15) is 11.9 Å². The Hall–Kier alpha value is -3.33. The van der Waals surface area contributed by atoms with Crippen molar-refractivity contribution in [3.05, 3.63) is 76.0 Å². The molecule has 1 atom stereocenters. The quantitative estimate of drug-likeness (QED) is 0.281. The molecule has 0 saturated heterocycles. The van der Waals surface area contributed by atoms with E-state index in [0.29, 0.717) is 22.1 Å². The van der Waals surface area contributed by atoms with Gasteiger partial charge in [-0.25, -0.2) is 0 Å². The number of ether oxygens (including phenoxy) is 1. The lowest BCUT2D eigenvalue weighted by Crippen LogP contribution is -2.25. The highest BCUT2D eigenvalue weighted by Crippen LogP contribution is 2.34. The molecule has 1 amide bonds. The molecule has 2 N–H and O–H groups in total. The number of amides is 1. The Kier molecular flexibility index (Phi) is 9.14. The molecule has 0 spiro atoms. The van der Waals surface area contributed by atoms with Gasteiger partial charge in [0.2, 0.25) is 0 Å². The number of carbonyl (C=O) groups is 2. The lowest BCUT2D eigenvalue weighted by molar-refractivity contribution is -0.138. The van der Waals surface area contributed by atoms with Gasteiger partial charge in [-0.05, 0) is 66.3 Å². The second kappa shape index (κ2) is 12.1. The number of carboxylic acid groups (broad SMARTS) is 1. The van der Waals surface area contributed by atoms with Crippen molar-refractivity contribution in [2.24, 2.45) is 5.92 Å². The molecule has 36 heavy (non-hydrogen) atoms. The molecule has 0 aliphatic heterocycles. The predicted molar refractivity (Wildman–Crippen MR) is 133 cm³/mol. The van der Waals surface area contributed by atoms with Crippen LogP contribution in [0.15, 0.2) is 60.7 Å². The fourth-order valence-corrected chi connectivity index (χ4v) is 4.49. The van der Waals surface area contributed by atoms with Crippen LogP contribution in [0.25, 0.3) is 11.1 Å². The van der Waals surface area contributed by atoms with E-state index in [0.717, 1.165) is 35.4 Å². The van der Waals surface area contributed by atoms with Crippen LogP contribution in [-0.4, -0.2) is 23.5 Å². The van der Waals surface area contributed by atoms with Crippen molar-refractivity contribution in [1.29, 1.82) is 0 Å². The molecule has 192 valence electrons. The largest absolute Gasteiger partial charge is 0.485 e. The number of halogens is 3. The van der Waals surface area contributed by atoms with Gasteiger partial charge < -0.3 is 15.2 Å². The van der Waals surface area contributed by atoms with Crippen LogP contribution in [0.3, 0.4) is 0 Å². The molecule has 2 aromatic carbocycles. The smallest absolute Gasteiger partial charge is 0.416 e. The van der Waals surface area contributed by atoms with Gasteiger partial charge in [-0.3, -0.25) is 9.59 Å². The fraction of sp³-hybridized carbons (Fsp3) is 0.333. The minimum Gasteiger partial charge on any atom is -0.485 e. The molecule has 0 bridgehead atoms. The van der Waals surface area contributed by atoms with E-state index in [2.05, 4.69) is 19.2 Å². The van der Waals surface area contributed by atoms with E-state index in [4.69, 9.17) is 9.84 Å². The number of benzene rings is 2. The SMILES string of the molecule is CC(C)CCC(Oc1ccc(-c2ccc(C(F)(F)F)cc2)cc1)c1ccc(C(=O)NCCC(=O)O)s1. The molecular weight excluding hydrogens is 491 g/mol. The van der Waals surface area contributed by atoms with Crippen LogP contribution in [0.2, 0.25) is 0 Å². The number of rotatable bonds is 11. The summed E-state index contributed by atoms with van der Waals surface area (Å²) in [7, 11) is 0. The van der Waals surface area contributed by atoms with Crippen LogP contribution >= 0.6 is 11.3 Å². The molecule has 3 aromatic rings. The first-order valence-corrected chi connectivity index (χ1v) is 12.4. The Morgan fingerprint density at radius 3 is 2.11 bits per heavy atom. The first kappa shape index (κ1) is 27.3. The molecule has 0 radical (unpaired) electrons. The Morgan fingerprint density at radius 2 is 1.56 bits per heavy atom. The zero-order valence-electron chi connectivity index (χ0n) is 20.0. The molecule has 5 nitrogen and oxygen atoms in total. The van der Waals surface area contributed by atoms with Crippen LogP contribution < -0.4 is 10.1 Å². The van der Waals surface area contributed by atoms with Gasteiger partial charge in [-0.15, -0.1) is 11.3 Å². The highest BCUT2D eigenvalue weighted by molar-refractivity contribution is 7.14. The van der Waals surface area contributed by atoms with E-state index in [1.54, 1.807) is 30.3 Å². The van der Waals surface area contributed by atoms with Crippen molar-refractivity contribution >= 4 is 23.2 Å². The maximum Gasteiger partial charge on any atom is 0.416 e. The molecule has 1 aromatic heterocycles. The first-order valence-electron chi connectivity index (χ1n) is 11.6. The average molecular weight is 520 g/mol. The minimum absolute atomic E-state index is 0.0555. The van der Waals surface area contributed by atoms with Crippen molar-refractivity contribution in [3.63, 3.8) is 0 Å². The summed E-state index contributed by atoms with van der Waals surface area (Å²) < 4.78 is 44.7. The van der Waals surface area contributed by atoms with E-state index in [1.165, 1.54) is 23.5 Å². The molecule has 3 rings (SSSR count).